The number of esters is 3. The van der Waals surface area contributed by atoms with Gasteiger partial charge in [-0.3, -0.25) is 14.4 Å². The summed E-state index contributed by atoms with van der Waals surface area (Å²) in [5.41, 5.74) is 0. The van der Waals surface area contributed by atoms with Crippen molar-refractivity contribution in [2.75, 3.05) is 13.2 Å². The molecule has 6 nitrogen and oxygen atoms in total. The van der Waals surface area contributed by atoms with Crippen molar-refractivity contribution in [3.05, 3.63) is 36.5 Å². The van der Waals surface area contributed by atoms with Crippen molar-refractivity contribution >= 4 is 17.9 Å². The molecule has 0 aliphatic heterocycles. The predicted octanol–water partition coefficient (Wildman–Crippen LogP) is 18.5. The van der Waals surface area contributed by atoms with E-state index in [-0.39, 0.29) is 31.1 Å². The van der Waals surface area contributed by atoms with Crippen LogP contribution in [0.1, 0.15) is 297 Å². The Balaban J connectivity index is 4.20. The predicted molar refractivity (Wildman–Crippen MR) is 275 cm³/mol. The van der Waals surface area contributed by atoms with Crippen LogP contribution in [0.2, 0.25) is 0 Å². The Hall–Kier alpha value is -2.37. The van der Waals surface area contributed by atoms with Gasteiger partial charge in [0.1, 0.15) is 13.2 Å². The monoisotopic (exact) mass is 899 g/mol. The lowest BCUT2D eigenvalue weighted by Crippen LogP contribution is -2.30. The Bertz CT molecular complexity index is 1080. The zero-order chi connectivity index (χ0) is 46.5. The van der Waals surface area contributed by atoms with Crippen LogP contribution in [0.5, 0.6) is 0 Å². The van der Waals surface area contributed by atoms with E-state index in [1.54, 1.807) is 0 Å². The largest absolute Gasteiger partial charge is 0.462 e. The van der Waals surface area contributed by atoms with E-state index in [0.717, 1.165) is 77.0 Å². The lowest BCUT2D eigenvalue weighted by atomic mass is 10.0. The Morgan fingerprint density at radius 2 is 0.562 bits per heavy atom. The number of allylic oxidation sites excluding steroid dienone is 6. The lowest BCUT2D eigenvalue weighted by Gasteiger charge is -2.18. The fourth-order valence-electron chi connectivity index (χ4n) is 8.16. The molecule has 0 saturated carbocycles. The van der Waals surface area contributed by atoms with E-state index in [4.69, 9.17) is 14.2 Å². The summed E-state index contributed by atoms with van der Waals surface area (Å²) in [4.78, 5) is 37.9. The van der Waals surface area contributed by atoms with E-state index < -0.39 is 6.10 Å². The zero-order valence-corrected chi connectivity index (χ0v) is 42.8. The summed E-state index contributed by atoms with van der Waals surface area (Å²) in [7, 11) is 0. The van der Waals surface area contributed by atoms with Gasteiger partial charge in [0.15, 0.2) is 6.10 Å². The van der Waals surface area contributed by atoms with E-state index >= 15 is 0 Å². The Kier molecular flexibility index (Phi) is 51.3. The molecule has 0 aromatic heterocycles. The summed E-state index contributed by atoms with van der Waals surface area (Å²) in [5, 5.41) is 0. The Morgan fingerprint density at radius 1 is 0.312 bits per heavy atom. The highest BCUT2D eigenvalue weighted by atomic mass is 16.6. The summed E-state index contributed by atoms with van der Waals surface area (Å²) >= 11 is 0. The zero-order valence-electron chi connectivity index (χ0n) is 42.8. The lowest BCUT2D eigenvalue weighted by molar-refractivity contribution is -0.167. The summed E-state index contributed by atoms with van der Waals surface area (Å²) < 4.78 is 16.8. The van der Waals surface area contributed by atoms with Crippen LogP contribution in [0, 0.1) is 0 Å². The van der Waals surface area contributed by atoms with Crippen molar-refractivity contribution in [3.8, 4) is 0 Å². The van der Waals surface area contributed by atoms with Gasteiger partial charge in [0.25, 0.3) is 0 Å². The van der Waals surface area contributed by atoms with Gasteiger partial charge in [-0.1, -0.05) is 256 Å². The van der Waals surface area contributed by atoms with E-state index in [1.165, 1.54) is 180 Å². The molecule has 0 spiro atoms. The number of carbonyl (C=O) groups is 3. The molecule has 0 amide bonds. The second kappa shape index (κ2) is 53.2. The smallest absolute Gasteiger partial charge is 0.306 e. The van der Waals surface area contributed by atoms with Gasteiger partial charge >= 0.3 is 17.9 Å². The van der Waals surface area contributed by atoms with Crippen LogP contribution in [0.3, 0.4) is 0 Å². The van der Waals surface area contributed by atoms with Gasteiger partial charge in [0, 0.05) is 19.3 Å². The number of carbonyl (C=O) groups excluding carboxylic acids is 3. The van der Waals surface area contributed by atoms with E-state index in [9.17, 15) is 14.4 Å². The molecule has 0 saturated heterocycles. The first-order valence-corrected chi connectivity index (χ1v) is 28.0. The average Bonchev–Trinajstić information content (AvgIpc) is 3.29. The molecular weight excluding hydrogens is 793 g/mol. The van der Waals surface area contributed by atoms with E-state index in [2.05, 4.69) is 57.2 Å². The van der Waals surface area contributed by atoms with Gasteiger partial charge in [0.2, 0.25) is 0 Å². The summed E-state index contributed by atoms with van der Waals surface area (Å²) in [5.74, 6) is -0.879. The molecule has 0 aromatic rings. The third-order valence-electron chi connectivity index (χ3n) is 12.4. The number of rotatable bonds is 51. The highest BCUT2D eigenvalue weighted by molar-refractivity contribution is 5.71. The maximum absolute atomic E-state index is 12.8. The maximum atomic E-state index is 12.8. The summed E-state index contributed by atoms with van der Waals surface area (Å²) in [6.07, 6.45) is 62.9. The first-order valence-electron chi connectivity index (χ1n) is 28.0. The van der Waals surface area contributed by atoms with Crippen LogP contribution in [-0.4, -0.2) is 37.2 Å². The third-order valence-corrected chi connectivity index (χ3v) is 12.4. The molecule has 0 rings (SSSR count). The molecule has 0 N–H and O–H groups in total. The molecule has 0 aliphatic rings. The maximum Gasteiger partial charge on any atom is 0.306 e. The van der Waals surface area contributed by atoms with Crippen LogP contribution >= 0.6 is 0 Å². The van der Waals surface area contributed by atoms with Crippen molar-refractivity contribution in [2.45, 2.75) is 303 Å². The molecule has 0 heterocycles. The second-order valence-electron chi connectivity index (χ2n) is 18.9. The van der Waals surface area contributed by atoms with Crippen molar-refractivity contribution in [1.82, 2.24) is 0 Å². The number of ether oxygens (including phenoxy) is 3. The van der Waals surface area contributed by atoms with E-state index in [1.807, 2.05) is 0 Å². The fraction of sp³-hybridized carbons (Fsp3) is 0.845. The number of hydrogen-bond acceptors (Lipinski definition) is 6. The van der Waals surface area contributed by atoms with Gasteiger partial charge in [0.05, 0.1) is 0 Å². The molecule has 374 valence electrons. The minimum atomic E-state index is -0.773. The highest BCUT2D eigenvalue weighted by Gasteiger charge is 2.19. The molecule has 1 unspecified atom stereocenters. The molecule has 0 fully saturated rings. The number of hydrogen-bond donors (Lipinski definition) is 0. The summed E-state index contributed by atoms with van der Waals surface area (Å²) in [6.45, 7) is 6.59. The van der Waals surface area contributed by atoms with Gasteiger partial charge in [-0.2, -0.15) is 0 Å². The van der Waals surface area contributed by atoms with Crippen molar-refractivity contribution in [2.24, 2.45) is 0 Å². The normalized spacial score (nSPS) is 12.2. The Morgan fingerprint density at radius 3 is 0.906 bits per heavy atom. The molecule has 0 aliphatic carbocycles. The molecule has 6 heteroatoms. The molecule has 1 atom stereocenters. The highest BCUT2D eigenvalue weighted by Crippen LogP contribution is 2.16. The molecule has 0 radical (unpaired) electrons. The first kappa shape index (κ1) is 61.6. The average molecular weight is 899 g/mol. The first-order chi connectivity index (χ1) is 31.5. The van der Waals surface area contributed by atoms with Gasteiger partial charge in [-0.25, -0.2) is 0 Å². The van der Waals surface area contributed by atoms with Crippen LogP contribution in [0.25, 0.3) is 0 Å². The van der Waals surface area contributed by atoms with Gasteiger partial charge in [-0.15, -0.1) is 0 Å². The molecular formula is C58H106O6. The van der Waals surface area contributed by atoms with Crippen LogP contribution in [0.15, 0.2) is 36.5 Å². The Labute approximate surface area is 397 Å². The number of unbranched alkanes of at least 4 members (excludes halogenated alkanes) is 34. The SMILES string of the molecule is CCCCC/C=C\C/C=C\C/C=C\CCCCCCCCC(=O)OC(COC(=O)CCCCCCCCC)COC(=O)CCCCCCCCCCCCCCCCCCCCCC. The van der Waals surface area contributed by atoms with Crippen molar-refractivity contribution in [1.29, 1.82) is 0 Å². The standard InChI is InChI=1S/C58H106O6/c1-4-7-10-13-16-18-20-22-24-26-28-30-31-33-35-37-39-42-45-48-51-57(60)63-54-55(53-62-56(59)50-47-44-41-15-12-9-6-3)64-58(61)52-49-46-43-40-38-36-34-32-29-27-25-23-21-19-17-14-11-8-5-2/h17,19,23,25,29,32,55H,4-16,18,20-22,24,26-28,30-31,33-54H2,1-3H3/b19-17-,25-23-,32-29-. The molecule has 0 bridgehead atoms. The minimum absolute atomic E-state index is 0.0737. The van der Waals surface area contributed by atoms with E-state index in [0.29, 0.717) is 19.3 Å². The van der Waals surface area contributed by atoms with Crippen molar-refractivity contribution < 1.29 is 28.6 Å². The van der Waals surface area contributed by atoms with Gasteiger partial charge < -0.3 is 14.2 Å². The quantitative estimate of drug-likeness (QED) is 0.0262. The minimum Gasteiger partial charge on any atom is -0.462 e. The van der Waals surface area contributed by atoms with Crippen molar-refractivity contribution in [3.63, 3.8) is 0 Å². The van der Waals surface area contributed by atoms with Crippen LogP contribution in [-0.2, 0) is 28.6 Å². The van der Waals surface area contributed by atoms with Crippen LogP contribution < -0.4 is 0 Å². The second-order valence-corrected chi connectivity index (χ2v) is 18.9. The topological polar surface area (TPSA) is 78.9 Å². The van der Waals surface area contributed by atoms with Gasteiger partial charge in [-0.05, 0) is 57.8 Å². The molecule has 0 aromatic carbocycles. The fourth-order valence-corrected chi connectivity index (χ4v) is 8.16. The molecule has 64 heavy (non-hydrogen) atoms. The third kappa shape index (κ3) is 50.6. The van der Waals surface area contributed by atoms with Crippen LogP contribution in [0.4, 0.5) is 0 Å². The summed E-state index contributed by atoms with van der Waals surface area (Å²) in [6, 6.07) is 0.